The summed E-state index contributed by atoms with van der Waals surface area (Å²) in [7, 11) is 1.37. The van der Waals surface area contributed by atoms with Crippen molar-refractivity contribution in [1.82, 2.24) is 15.0 Å². The molecule has 0 atom stereocenters. The molecule has 0 unspecified atom stereocenters. The molecule has 0 saturated carbocycles. The molecule has 0 radical (unpaired) electrons. The number of fused-ring (bicyclic) bond motifs is 1. The zero-order chi connectivity index (χ0) is 18.8. The number of carbonyl (C=O) groups excluding carboxylic acids is 1. The number of benzene rings is 2. The molecule has 0 aliphatic carbocycles. The largest absolute Gasteiger partial charge is 0.465 e. The highest BCUT2D eigenvalue weighted by atomic mass is 16.5. The van der Waals surface area contributed by atoms with Gasteiger partial charge in [0.1, 0.15) is 5.69 Å². The minimum absolute atomic E-state index is 0.357. The van der Waals surface area contributed by atoms with Crippen molar-refractivity contribution >= 4 is 16.9 Å². The predicted molar refractivity (Wildman–Crippen MR) is 104 cm³/mol. The number of rotatable bonds is 3. The minimum atomic E-state index is -0.357. The zero-order valence-corrected chi connectivity index (χ0v) is 15.0. The summed E-state index contributed by atoms with van der Waals surface area (Å²) in [6, 6.07) is 19.0. The number of pyridine rings is 1. The number of carbonyl (C=O) groups is 1. The van der Waals surface area contributed by atoms with Gasteiger partial charge in [0, 0.05) is 17.1 Å². The molecular weight excluding hydrogens is 338 g/mol. The summed E-state index contributed by atoms with van der Waals surface area (Å²) in [6.45, 7) is 2.00. The highest BCUT2D eigenvalue weighted by Crippen LogP contribution is 2.25. The SMILES string of the molecule is COC(=O)c1ccc(-c2nc(-c3ncc4ccccc4n3)ccc2C)cc1. The lowest BCUT2D eigenvalue weighted by Crippen LogP contribution is -2.01. The van der Waals surface area contributed by atoms with Gasteiger partial charge in [0.15, 0.2) is 5.82 Å². The van der Waals surface area contributed by atoms with Crippen molar-refractivity contribution in [3.63, 3.8) is 0 Å². The van der Waals surface area contributed by atoms with Crippen LogP contribution in [0.4, 0.5) is 0 Å². The van der Waals surface area contributed by atoms with Gasteiger partial charge in [0.25, 0.3) is 0 Å². The van der Waals surface area contributed by atoms with Crippen molar-refractivity contribution in [2.75, 3.05) is 7.11 Å². The summed E-state index contributed by atoms with van der Waals surface area (Å²) >= 11 is 0. The Balaban J connectivity index is 1.75. The molecule has 0 bridgehead atoms. The molecule has 5 nitrogen and oxygen atoms in total. The third kappa shape index (κ3) is 3.27. The number of hydrogen-bond donors (Lipinski definition) is 0. The van der Waals surface area contributed by atoms with E-state index in [2.05, 4.69) is 9.97 Å². The van der Waals surface area contributed by atoms with Gasteiger partial charge >= 0.3 is 5.97 Å². The first-order valence-electron chi connectivity index (χ1n) is 8.54. The van der Waals surface area contributed by atoms with Gasteiger partial charge in [-0.2, -0.15) is 0 Å². The quantitative estimate of drug-likeness (QED) is 0.508. The van der Waals surface area contributed by atoms with E-state index in [9.17, 15) is 4.79 Å². The summed E-state index contributed by atoms with van der Waals surface area (Å²) in [5.74, 6) is 0.227. The fourth-order valence-electron chi connectivity index (χ4n) is 2.92. The van der Waals surface area contributed by atoms with E-state index in [0.717, 1.165) is 27.7 Å². The number of ether oxygens (including phenoxy) is 1. The second-order valence-corrected chi connectivity index (χ2v) is 6.18. The number of methoxy groups -OCH3 is 1. The van der Waals surface area contributed by atoms with Crippen molar-refractivity contribution in [3.05, 3.63) is 78.0 Å². The van der Waals surface area contributed by atoms with Crippen LogP contribution in [0.3, 0.4) is 0 Å². The zero-order valence-electron chi connectivity index (χ0n) is 15.0. The highest BCUT2D eigenvalue weighted by Gasteiger charge is 2.11. The molecule has 0 aliphatic heterocycles. The maximum Gasteiger partial charge on any atom is 0.337 e. The molecule has 4 rings (SSSR count). The second kappa shape index (κ2) is 6.96. The van der Waals surface area contributed by atoms with E-state index >= 15 is 0 Å². The van der Waals surface area contributed by atoms with Gasteiger partial charge in [-0.15, -0.1) is 0 Å². The van der Waals surface area contributed by atoms with E-state index in [1.165, 1.54) is 7.11 Å². The molecule has 27 heavy (non-hydrogen) atoms. The van der Waals surface area contributed by atoms with Crippen molar-refractivity contribution in [1.29, 1.82) is 0 Å². The van der Waals surface area contributed by atoms with Crippen molar-refractivity contribution in [2.24, 2.45) is 0 Å². The summed E-state index contributed by atoms with van der Waals surface area (Å²) in [5, 5.41) is 0.993. The van der Waals surface area contributed by atoms with E-state index < -0.39 is 0 Å². The first-order valence-corrected chi connectivity index (χ1v) is 8.54. The molecule has 5 heteroatoms. The molecule has 2 aromatic carbocycles. The van der Waals surface area contributed by atoms with Crippen LogP contribution in [-0.4, -0.2) is 28.0 Å². The Kier molecular flexibility index (Phi) is 4.34. The molecule has 0 N–H and O–H groups in total. The Hall–Kier alpha value is -3.60. The lowest BCUT2D eigenvalue weighted by Gasteiger charge is -2.09. The van der Waals surface area contributed by atoms with E-state index in [0.29, 0.717) is 17.1 Å². The first-order chi connectivity index (χ1) is 13.2. The second-order valence-electron chi connectivity index (χ2n) is 6.18. The Labute approximate surface area is 156 Å². The fraction of sp³-hybridized carbons (Fsp3) is 0.0909. The number of nitrogens with zero attached hydrogens (tertiary/aromatic N) is 3. The number of aryl methyl sites for hydroxylation is 1. The molecule has 132 valence electrons. The molecule has 0 amide bonds. The van der Waals surface area contributed by atoms with Gasteiger partial charge in [-0.05, 0) is 36.8 Å². The molecule has 0 aliphatic rings. The van der Waals surface area contributed by atoms with Crippen LogP contribution in [0, 0.1) is 6.92 Å². The van der Waals surface area contributed by atoms with Crippen LogP contribution >= 0.6 is 0 Å². The summed E-state index contributed by atoms with van der Waals surface area (Å²) in [4.78, 5) is 25.5. The van der Waals surface area contributed by atoms with Crippen LogP contribution in [0.15, 0.2) is 66.9 Å². The fourth-order valence-corrected chi connectivity index (χ4v) is 2.92. The Morgan fingerprint density at radius 3 is 2.48 bits per heavy atom. The monoisotopic (exact) mass is 355 g/mol. The lowest BCUT2D eigenvalue weighted by molar-refractivity contribution is 0.0601. The van der Waals surface area contributed by atoms with Gasteiger partial charge in [-0.3, -0.25) is 0 Å². The van der Waals surface area contributed by atoms with E-state index in [1.54, 1.807) is 12.1 Å². The normalized spacial score (nSPS) is 10.7. The van der Waals surface area contributed by atoms with Crippen molar-refractivity contribution in [3.8, 4) is 22.8 Å². The molecule has 0 saturated heterocycles. The maximum absolute atomic E-state index is 11.6. The number of esters is 1. The summed E-state index contributed by atoms with van der Waals surface area (Å²) < 4.78 is 4.75. The van der Waals surface area contributed by atoms with Gasteiger partial charge in [-0.25, -0.2) is 19.7 Å². The third-order valence-corrected chi connectivity index (χ3v) is 4.39. The van der Waals surface area contributed by atoms with Gasteiger partial charge < -0.3 is 4.74 Å². The first kappa shape index (κ1) is 16.8. The highest BCUT2D eigenvalue weighted by molar-refractivity contribution is 5.90. The molecular formula is C22H17N3O2. The number of hydrogen-bond acceptors (Lipinski definition) is 5. The standard InChI is InChI=1S/C22H17N3O2/c1-14-7-12-19(21-23-13-17-5-3-4-6-18(17)25-21)24-20(14)15-8-10-16(11-9-15)22(26)27-2/h3-13H,1-2H3. The van der Waals surface area contributed by atoms with Crippen LogP contribution in [0.5, 0.6) is 0 Å². The average Bonchev–Trinajstić information content (AvgIpc) is 2.73. The average molecular weight is 355 g/mol. The number of para-hydroxylation sites is 1. The molecule has 0 spiro atoms. The van der Waals surface area contributed by atoms with Crippen molar-refractivity contribution in [2.45, 2.75) is 6.92 Å². The summed E-state index contributed by atoms with van der Waals surface area (Å²) in [5.41, 5.74) is 4.88. The minimum Gasteiger partial charge on any atom is -0.465 e. The van der Waals surface area contributed by atoms with Crippen LogP contribution in [-0.2, 0) is 4.74 Å². The van der Waals surface area contributed by atoms with Crippen LogP contribution in [0.2, 0.25) is 0 Å². The van der Waals surface area contributed by atoms with Crippen LogP contribution < -0.4 is 0 Å². The maximum atomic E-state index is 11.6. The number of aromatic nitrogens is 3. The van der Waals surface area contributed by atoms with Gasteiger partial charge in [0.05, 0.1) is 23.9 Å². The topological polar surface area (TPSA) is 65.0 Å². The van der Waals surface area contributed by atoms with Crippen LogP contribution in [0.25, 0.3) is 33.7 Å². The van der Waals surface area contributed by atoms with Crippen LogP contribution in [0.1, 0.15) is 15.9 Å². The summed E-state index contributed by atoms with van der Waals surface area (Å²) in [6.07, 6.45) is 1.81. The van der Waals surface area contributed by atoms with Crippen molar-refractivity contribution < 1.29 is 9.53 Å². The van der Waals surface area contributed by atoms with E-state index in [4.69, 9.17) is 9.72 Å². The molecule has 2 aromatic heterocycles. The Morgan fingerprint density at radius 2 is 1.70 bits per heavy atom. The molecule has 2 heterocycles. The van der Waals surface area contributed by atoms with Gasteiger partial charge in [-0.1, -0.05) is 36.4 Å². The molecule has 4 aromatic rings. The third-order valence-electron chi connectivity index (χ3n) is 4.39. The van der Waals surface area contributed by atoms with E-state index in [-0.39, 0.29) is 5.97 Å². The van der Waals surface area contributed by atoms with E-state index in [1.807, 2.05) is 61.7 Å². The molecule has 0 fully saturated rings. The Morgan fingerprint density at radius 1 is 0.926 bits per heavy atom. The lowest BCUT2D eigenvalue weighted by atomic mass is 10.0. The predicted octanol–water partition coefficient (Wildman–Crippen LogP) is 4.45. The Bertz CT molecular complexity index is 1140. The van der Waals surface area contributed by atoms with Gasteiger partial charge in [0.2, 0.25) is 0 Å². The smallest absolute Gasteiger partial charge is 0.337 e.